The average Bonchev–Trinajstić information content (AvgIpc) is 2.90. The summed E-state index contributed by atoms with van der Waals surface area (Å²) in [5, 5.41) is 5.64. The zero-order valence-electron chi connectivity index (χ0n) is 20.3. The van der Waals surface area contributed by atoms with Gasteiger partial charge in [-0.15, -0.1) is 0 Å². The normalized spacial score (nSPS) is 10.6. The lowest BCUT2D eigenvalue weighted by atomic mass is 9.98. The summed E-state index contributed by atoms with van der Waals surface area (Å²) in [4.78, 5) is 33.3. The smallest absolute Gasteiger partial charge is 0.373 e. The average molecular weight is 508 g/mol. The summed E-state index contributed by atoms with van der Waals surface area (Å²) in [6.45, 7) is 3.29. The lowest BCUT2D eigenvalue weighted by Crippen LogP contribution is -2.15. The maximum Gasteiger partial charge on any atom is 0.433 e. The Morgan fingerprint density at radius 3 is 2.30 bits per heavy atom. The second-order valence-corrected chi connectivity index (χ2v) is 7.73. The van der Waals surface area contributed by atoms with Gasteiger partial charge in [0.05, 0.1) is 11.9 Å². The molecule has 0 saturated carbocycles. The predicted octanol–water partition coefficient (Wildman–Crippen LogP) is 6.03. The van der Waals surface area contributed by atoms with Crippen molar-refractivity contribution < 1.29 is 22.8 Å². The van der Waals surface area contributed by atoms with E-state index in [4.69, 9.17) is 4.79 Å². The van der Waals surface area contributed by atoms with Crippen LogP contribution < -0.4 is 10.6 Å². The molecular weight excluding hydrogens is 483 g/mol. The third-order valence-corrected chi connectivity index (χ3v) is 5.18. The number of carbonyl (C=O) groups excluding carboxylic acids is 2. The van der Waals surface area contributed by atoms with E-state index in [1.165, 1.54) is 19.2 Å². The summed E-state index contributed by atoms with van der Waals surface area (Å²) < 4.78 is 38.8. The van der Waals surface area contributed by atoms with Gasteiger partial charge >= 0.3 is 6.18 Å². The number of nitrogens with zero attached hydrogens (tertiary/aromatic N) is 3. The summed E-state index contributed by atoms with van der Waals surface area (Å²) in [6, 6.07) is 15.4. The molecule has 0 atom stereocenters. The number of nitrogens with one attached hydrogen (secondary N) is 2. The highest BCUT2D eigenvalue weighted by molar-refractivity contribution is 6.04. The molecule has 0 aliphatic carbocycles. The molecule has 4 rings (SSSR count). The minimum Gasteiger partial charge on any atom is -0.373 e. The van der Waals surface area contributed by atoms with Gasteiger partial charge in [-0.3, -0.25) is 14.8 Å². The first-order valence-electron chi connectivity index (χ1n) is 11.1. The van der Waals surface area contributed by atoms with Crippen LogP contribution >= 0.6 is 0 Å². The SMILES string of the molecule is CC=O.CNc1cc(-c2cccc(-c3cc(NC(=O)c4ccnc(C(F)(F)F)c4)cnc3C)c2)ccn1. The number of hydrogen-bond donors (Lipinski definition) is 2. The van der Waals surface area contributed by atoms with Crippen LogP contribution in [0.4, 0.5) is 24.7 Å². The van der Waals surface area contributed by atoms with Crippen molar-refractivity contribution in [1.82, 2.24) is 15.0 Å². The molecular formula is C27H24F3N5O2. The number of aryl methyl sites for hydroxylation is 1. The molecule has 7 nitrogen and oxygen atoms in total. The van der Waals surface area contributed by atoms with Crippen molar-refractivity contribution in [3.8, 4) is 22.3 Å². The molecule has 0 radical (unpaired) electrons. The molecule has 37 heavy (non-hydrogen) atoms. The van der Waals surface area contributed by atoms with Crippen LogP contribution in [0.2, 0.25) is 0 Å². The van der Waals surface area contributed by atoms with Gasteiger partial charge in [-0.2, -0.15) is 13.2 Å². The molecule has 0 aliphatic heterocycles. The van der Waals surface area contributed by atoms with Crippen molar-refractivity contribution in [3.63, 3.8) is 0 Å². The molecule has 190 valence electrons. The van der Waals surface area contributed by atoms with E-state index < -0.39 is 17.8 Å². The molecule has 0 fully saturated rings. The zero-order valence-corrected chi connectivity index (χ0v) is 20.3. The van der Waals surface area contributed by atoms with Gasteiger partial charge in [0.1, 0.15) is 17.8 Å². The molecule has 2 N–H and O–H groups in total. The maximum absolute atomic E-state index is 12.9. The van der Waals surface area contributed by atoms with Crippen molar-refractivity contribution in [2.24, 2.45) is 0 Å². The number of benzene rings is 1. The Morgan fingerprint density at radius 2 is 1.59 bits per heavy atom. The number of hydrogen-bond acceptors (Lipinski definition) is 6. The Hall–Kier alpha value is -4.60. The number of rotatable bonds is 5. The second-order valence-electron chi connectivity index (χ2n) is 7.73. The number of aldehydes is 1. The first-order chi connectivity index (χ1) is 17.7. The van der Waals surface area contributed by atoms with Crippen molar-refractivity contribution in [1.29, 1.82) is 0 Å². The monoisotopic (exact) mass is 507 g/mol. The van der Waals surface area contributed by atoms with Crippen LogP contribution in [-0.4, -0.2) is 34.2 Å². The lowest BCUT2D eigenvalue weighted by Gasteiger charge is -2.12. The highest BCUT2D eigenvalue weighted by Gasteiger charge is 2.33. The molecule has 0 unspecified atom stereocenters. The third kappa shape index (κ3) is 6.97. The molecule has 0 spiro atoms. The molecule has 0 aliphatic rings. The van der Waals surface area contributed by atoms with Crippen molar-refractivity contribution in [3.05, 3.63) is 90.1 Å². The van der Waals surface area contributed by atoms with Crippen LogP contribution in [0, 0.1) is 6.92 Å². The van der Waals surface area contributed by atoms with Gasteiger partial charge in [-0.05, 0) is 66.9 Å². The van der Waals surface area contributed by atoms with Crippen LogP contribution in [0.3, 0.4) is 0 Å². The van der Waals surface area contributed by atoms with Gasteiger partial charge in [0.25, 0.3) is 5.91 Å². The number of carbonyl (C=O) groups is 2. The summed E-state index contributed by atoms with van der Waals surface area (Å²) in [5.74, 6) is 0.0601. The second kappa shape index (κ2) is 11.9. The summed E-state index contributed by atoms with van der Waals surface area (Å²) in [6.07, 6.45) is 0.262. The summed E-state index contributed by atoms with van der Waals surface area (Å²) in [7, 11) is 1.80. The Balaban J connectivity index is 0.00000121. The number of halogens is 3. The van der Waals surface area contributed by atoms with Gasteiger partial charge in [-0.25, -0.2) is 4.98 Å². The molecule has 1 aromatic carbocycles. The number of alkyl halides is 3. The van der Waals surface area contributed by atoms with E-state index in [-0.39, 0.29) is 5.56 Å². The number of pyridine rings is 3. The highest BCUT2D eigenvalue weighted by atomic mass is 19.4. The maximum atomic E-state index is 12.9. The van der Waals surface area contributed by atoms with Crippen molar-refractivity contribution >= 4 is 23.7 Å². The largest absolute Gasteiger partial charge is 0.433 e. The van der Waals surface area contributed by atoms with E-state index in [0.717, 1.165) is 52.3 Å². The van der Waals surface area contributed by atoms with Crippen LogP contribution in [0.25, 0.3) is 22.3 Å². The van der Waals surface area contributed by atoms with Gasteiger partial charge < -0.3 is 15.4 Å². The van der Waals surface area contributed by atoms with E-state index in [9.17, 15) is 18.0 Å². The van der Waals surface area contributed by atoms with E-state index >= 15 is 0 Å². The van der Waals surface area contributed by atoms with Crippen LogP contribution in [0.5, 0.6) is 0 Å². The van der Waals surface area contributed by atoms with Crippen molar-refractivity contribution in [2.45, 2.75) is 20.0 Å². The Morgan fingerprint density at radius 1 is 0.919 bits per heavy atom. The summed E-state index contributed by atoms with van der Waals surface area (Å²) >= 11 is 0. The summed E-state index contributed by atoms with van der Waals surface area (Å²) in [5.41, 5.74) is 3.45. The number of aromatic nitrogens is 3. The Labute approximate surface area is 211 Å². The lowest BCUT2D eigenvalue weighted by molar-refractivity contribution is -0.141. The molecule has 0 bridgehead atoms. The molecule has 0 saturated heterocycles. The van der Waals surface area contributed by atoms with E-state index in [1.54, 1.807) is 19.3 Å². The fraction of sp³-hybridized carbons (Fsp3) is 0.148. The molecule has 10 heteroatoms. The quantitative estimate of drug-likeness (QED) is 0.320. The number of amides is 1. The predicted molar refractivity (Wildman–Crippen MR) is 136 cm³/mol. The van der Waals surface area contributed by atoms with Gasteiger partial charge in [-0.1, -0.05) is 18.2 Å². The van der Waals surface area contributed by atoms with Crippen LogP contribution in [-0.2, 0) is 11.0 Å². The van der Waals surface area contributed by atoms with E-state index in [2.05, 4.69) is 25.6 Å². The third-order valence-electron chi connectivity index (χ3n) is 5.18. The van der Waals surface area contributed by atoms with Crippen LogP contribution in [0.1, 0.15) is 28.7 Å². The van der Waals surface area contributed by atoms with E-state index in [1.807, 2.05) is 43.3 Å². The molecule has 3 heterocycles. The zero-order chi connectivity index (χ0) is 27.0. The highest BCUT2D eigenvalue weighted by Crippen LogP contribution is 2.31. The fourth-order valence-corrected chi connectivity index (χ4v) is 3.44. The minimum absolute atomic E-state index is 0.149. The first-order valence-corrected chi connectivity index (χ1v) is 11.1. The molecule has 1 amide bonds. The van der Waals surface area contributed by atoms with Crippen molar-refractivity contribution in [2.75, 3.05) is 17.7 Å². The van der Waals surface area contributed by atoms with E-state index in [0.29, 0.717) is 5.69 Å². The fourth-order valence-electron chi connectivity index (χ4n) is 3.44. The molecule has 3 aromatic heterocycles. The van der Waals surface area contributed by atoms with Gasteiger partial charge in [0, 0.05) is 36.3 Å². The van der Waals surface area contributed by atoms with Gasteiger partial charge in [0.15, 0.2) is 0 Å². The Kier molecular flexibility index (Phi) is 8.68. The Bertz CT molecular complexity index is 1410. The minimum atomic E-state index is -4.64. The standard InChI is InChI=1S/C25H20F3N5O.C2H4O/c1-15-21(18-5-3-4-16(10-18)17-6-9-31-23(12-17)29-2)13-20(14-32-15)33-24(34)19-7-8-30-22(11-19)25(26,27)28;1-2-3/h3-14H,1-2H3,(H,29,31)(H,33,34);2H,1H3. The molecule has 4 aromatic rings. The van der Waals surface area contributed by atoms with Gasteiger partial charge in [0.2, 0.25) is 0 Å². The topological polar surface area (TPSA) is 96.9 Å². The van der Waals surface area contributed by atoms with Crippen LogP contribution in [0.15, 0.2) is 73.2 Å². The number of anilines is 2. The first kappa shape index (κ1) is 27.0.